The summed E-state index contributed by atoms with van der Waals surface area (Å²) < 4.78 is 4.02. The third-order valence-electron chi connectivity index (χ3n) is 5.41. The molecule has 1 aliphatic rings. The summed E-state index contributed by atoms with van der Waals surface area (Å²) in [6.45, 7) is 4.10. The van der Waals surface area contributed by atoms with Crippen LogP contribution in [-0.4, -0.2) is 43.6 Å². The van der Waals surface area contributed by atoms with Gasteiger partial charge in [0.2, 0.25) is 0 Å². The average molecular weight is 352 g/mol. The van der Waals surface area contributed by atoms with E-state index in [4.69, 9.17) is 0 Å². The van der Waals surface area contributed by atoms with E-state index in [0.29, 0.717) is 13.1 Å². The molecule has 1 aromatic carbocycles. The Bertz CT molecular complexity index is 875. The Kier molecular flexibility index (Phi) is 4.36. The number of hydrogen-bond acceptors (Lipinski definition) is 3. The summed E-state index contributed by atoms with van der Waals surface area (Å²) in [5, 5.41) is 12.3. The standard InChI is InChI=1S/C19H24N6O/c1-14-16-7-3-4-8-17(16)23(2)18(14)12-20-19(26)24-10-5-6-15(13-24)25-11-9-21-22-25/h3-4,7-9,11,15H,5-6,10,12-13H2,1-2H3,(H,20,26). The minimum absolute atomic E-state index is 0.0144. The van der Waals surface area contributed by atoms with Crippen molar-refractivity contribution in [3.05, 3.63) is 47.9 Å². The lowest BCUT2D eigenvalue weighted by Gasteiger charge is -2.32. The fourth-order valence-electron chi connectivity index (χ4n) is 3.93. The quantitative estimate of drug-likeness (QED) is 0.788. The summed E-state index contributed by atoms with van der Waals surface area (Å²) in [5.74, 6) is 0. The molecular formula is C19H24N6O. The van der Waals surface area contributed by atoms with Gasteiger partial charge in [0, 0.05) is 42.9 Å². The molecule has 3 aromatic rings. The summed E-state index contributed by atoms with van der Waals surface area (Å²) in [6, 6.07) is 8.53. The minimum Gasteiger partial charge on any atom is -0.346 e. The molecule has 4 rings (SSSR count). The molecule has 26 heavy (non-hydrogen) atoms. The van der Waals surface area contributed by atoms with E-state index in [2.05, 4.69) is 52.4 Å². The number of amides is 2. The Labute approximate surface area is 152 Å². The third-order valence-corrected chi connectivity index (χ3v) is 5.41. The number of nitrogens with one attached hydrogen (secondary N) is 1. The molecule has 2 aromatic heterocycles. The fraction of sp³-hybridized carbons (Fsp3) is 0.421. The highest BCUT2D eigenvalue weighted by molar-refractivity contribution is 5.85. The summed E-state index contributed by atoms with van der Waals surface area (Å²) >= 11 is 0. The van der Waals surface area contributed by atoms with Crippen LogP contribution in [0.1, 0.15) is 30.1 Å². The number of fused-ring (bicyclic) bond motifs is 1. The van der Waals surface area contributed by atoms with Crippen molar-refractivity contribution in [1.29, 1.82) is 0 Å². The van der Waals surface area contributed by atoms with E-state index in [1.807, 2.05) is 21.8 Å². The fourth-order valence-corrected chi connectivity index (χ4v) is 3.93. The van der Waals surface area contributed by atoms with E-state index in [0.717, 1.165) is 25.1 Å². The molecule has 2 amide bonds. The maximum absolute atomic E-state index is 12.7. The molecule has 1 atom stereocenters. The summed E-state index contributed by atoms with van der Waals surface area (Å²) in [6.07, 6.45) is 5.55. The van der Waals surface area contributed by atoms with Crippen LogP contribution in [0.5, 0.6) is 0 Å². The minimum atomic E-state index is -0.0144. The Balaban J connectivity index is 1.44. The number of hydrogen-bond donors (Lipinski definition) is 1. The number of carbonyl (C=O) groups excluding carboxylic acids is 1. The molecule has 1 aliphatic heterocycles. The van der Waals surface area contributed by atoms with Crippen LogP contribution in [0.25, 0.3) is 10.9 Å². The van der Waals surface area contributed by atoms with Gasteiger partial charge < -0.3 is 14.8 Å². The average Bonchev–Trinajstić information content (AvgIpc) is 3.29. The molecule has 1 fully saturated rings. The van der Waals surface area contributed by atoms with Crippen molar-refractivity contribution in [2.24, 2.45) is 7.05 Å². The molecule has 1 N–H and O–H groups in total. The van der Waals surface area contributed by atoms with Gasteiger partial charge in [0.05, 0.1) is 18.8 Å². The van der Waals surface area contributed by atoms with Crippen molar-refractivity contribution in [3.8, 4) is 0 Å². The van der Waals surface area contributed by atoms with Gasteiger partial charge in [-0.15, -0.1) is 5.10 Å². The van der Waals surface area contributed by atoms with Crippen LogP contribution >= 0.6 is 0 Å². The maximum atomic E-state index is 12.7. The van der Waals surface area contributed by atoms with Crippen LogP contribution in [-0.2, 0) is 13.6 Å². The van der Waals surface area contributed by atoms with Gasteiger partial charge >= 0.3 is 6.03 Å². The van der Waals surface area contributed by atoms with Gasteiger partial charge in [-0.1, -0.05) is 23.4 Å². The summed E-state index contributed by atoms with van der Waals surface area (Å²) in [5.41, 5.74) is 3.56. The van der Waals surface area contributed by atoms with Crippen LogP contribution < -0.4 is 5.32 Å². The highest BCUT2D eigenvalue weighted by Gasteiger charge is 2.25. The second-order valence-corrected chi connectivity index (χ2v) is 6.93. The number of nitrogens with zero attached hydrogens (tertiary/aromatic N) is 5. The predicted octanol–water partition coefficient (Wildman–Crippen LogP) is 2.62. The molecule has 7 heteroatoms. The number of urea groups is 1. The zero-order chi connectivity index (χ0) is 18.1. The van der Waals surface area contributed by atoms with E-state index >= 15 is 0 Å². The smallest absolute Gasteiger partial charge is 0.317 e. The van der Waals surface area contributed by atoms with Gasteiger partial charge in [-0.05, 0) is 31.4 Å². The normalized spacial score (nSPS) is 17.6. The molecule has 1 unspecified atom stereocenters. The number of aromatic nitrogens is 4. The van der Waals surface area contributed by atoms with Crippen LogP contribution in [0.15, 0.2) is 36.7 Å². The van der Waals surface area contributed by atoms with Crippen molar-refractivity contribution in [3.63, 3.8) is 0 Å². The number of likely N-dealkylation sites (tertiary alicyclic amines) is 1. The Morgan fingerprint density at radius 1 is 1.35 bits per heavy atom. The lowest BCUT2D eigenvalue weighted by molar-refractivity contribution is 0.162. The topological polar surface area (TPSA) is 68.0 Å². The van der Waals surface area contributed by atoms with Crippen molar-refractivity contribution in [2.45, 2.75) is 32.4 Å². The van der Waals surface area contributed by atoms with E-state index in [1.165, 1.54) is 16.5 Å². The largest absolute Gasteiger partial charge is 0.346 e. The first-order valence-corrected chi connectivity index (χ1v) is 9.06. The number of rotatable bonds is 3. The van der Waals surface area contributed by atoms with Gasteiger partial charge in [0.1, 0.15) is 0 Å². The lowest BCUT2D eigenvalue weighted by Crippen LogP contribution is -2.46. The second-order valence-electron chi connectivity index (χ2n) is 6.93. The molecule has 0 bridgehead atoms. The first kappa shape index (κ1) is 16.6. The summed E-state index contributed by atoms with van der Waals surface area (Å²) in [7, 11) is 2.05. The molecule has 0 radical (unpaired) electrons. The Morgan fingerprint density at radius 3 is 2.96 bits per heavy atom. The van der Waals surface area contributed by atoms with Gasteiger partial charge in [0.25, 0.3) is 0 Å². The van der Waals surface area contributed by atoms with Crippen LogP contribution in [0.3, 0.4) is 0 Å². The van der Waals surface area contributed by atoms with Crippen molar-refractivity contribution in [1.82, 2.24) is 29.8 Å². The molecule has 3 heterocycles. The predicted molar refractivity (Wildman–Crippen MR) is 99.8 cm³/mol. The molecule has 0 aliphatic carbocycles. The number of benzene rings is 1. The lowest BCUT2D eigenvalue weighted by atomic mass is 10.1. The van der Waals surface area contributed by atoms with Crippen molar-refractivity contribution >= 4 is 16.9 Å². The Hall–Kier alpha value is -2.83. The summed E-state index contributed by atoms with van der Waals surface area (Å²) in [4.78, 5) is 14.6. The molecule has 136 valence electrons. The zero-order valence-electron chi connectivity index (χ0n) is 15.2. The number of piperidine rings is 1. The van der Waals surface area contributed by atoms with Crippen molar-refractivity contribution < 1.29 is 4.79 Å². The number of aryl methyl sites for hydroxylation is 2. The van der Waals surface area contributed by atoms with E-state index in [1.54, 1.807) is 6.20 Å². The molecule has 0 spiro atoms. The molecular weight excluding hydrogens is 328 g/mol. The van der Waals surface area contributed by atoms with Gasteiger partial charge in [-0.25, -0.2) is 9.48 Å². The third kappa shape index (κ3) is 2.94. The second kappa shape index (κ2) is 6.82. The van der Waals surface area contributed by atoms with E-state index < -0.39 is 0 Å². The van der Waals surface area contributed by atoms with Crippen molar-refractivity contribution in [2.75, 3.05) is 13.1 Å². The van der Waals surface area contributed by atoms with Crippen LogP contribution in [0.2, 0.25) is 0 Å². The monoisotopic (exact) mass is 352 g/mol. The number of carbonyl (C=O) groups is 1. The van der Waals surface area contributed by atoms with Gasteiger partial charge in [0.15, 0.2) is 0 Å². The highest BCUT2D eigenvalue weighted by atomic mass is 16.2. The van der Waals surface area contributed by atoms with Crippen LogP contribution in [0, 0.1) is 6.92 Å². The SMILES string of the molecule is Cc1c(CNC(=O)N2CCCC(n3ccnn3)C2)n(C)c2ccccc12. The maximum Gasteiger partial charge on any atom is 0.317 e. The first-order chi connectivity index (χ1) is 12.6. The molecule has 0 saturated carbocycles. The van der Waals surface area contributed by atoms with E-state index in [9.17, 15) is 4.79 Å². The number of para-hydroxylation sites is 1. The Morgan fingerprint density at radius 2 is 2.19 bits per heavy atom. The van der Waals surface area contributed by atoms with Gasteiger partial charge in [-0.3, -0.25) is 0 Å². The first-order valence-electron chi connectivity index (χ1n) is 9.06. The van der Waals surface area contributed by atoms with E-state index in [-0.39, 0.29) is 12.1 Å². The molecule has 7 nitrogen and oxygen atoms in total. The zero-order valence-corrected chi connectivity index (χ0v) is 15.2. The van der Waals surface area contributed by atoms with Gasteiger partial charge in [-0.2, -0.15) is 0 Å². The highest BCUT2D eigenvalue weighted by Crippen LogP contribution is 2.24. The molecule has 1 saturated heterocycles. The van der Waals surface area contributed by atoms with Crippen LogP contribution in [0.4, 0.5) is 4.79 Å².